The van der Waals surface area contributed by atoms with Crippen LogP contribution in [0.2, 0.25) is 0 Å². The average molecular weight is 553 g/mol. The lowest BCUT2D eigenvalue weighted by molar-refractivity contribution is -0.279. The molecule has 7 N–H and O–H groups in total. The molecule has 0 aliphatic carbocycles. The molecule has 5 atom stereocenters. The predicted molar refractivity (Wildman–Crippen MR) is 149 cm³/mol. The molecule has 0 bridgehead atoms. The van der Waals surface area contributed by atoms with Gasteiger partial charge in [0.25, 0.3) is 0 Å². The maximum atomic E-state index is 12.7. The van der Waals surface area contributed by atoms with Gasteiger partial charge in [0.15, 0.2) is 12.2 Å². The molecule has 1 unspecified atom stereocenters. The van der Waals surface area contributed by atoms with Crippen molar-refractivity contribution in [2.75, 3.05) is 20.3 Å². The Morgan fingerprint density at radius 1 is 1.02 bits per heavy atom. The number of aliphatic hydroxyl groups is 1. The Bertz CT molecular complexity index is 1300. The Kier molecular flexibility index (Phi) is 10.3. The topological polar surface area (TPSA) is 171 Å². The van der Waals surface area contributed by atoms with Gasteiger partial charge in [-0.1, -0.05) is 48.5 Å². The standard InChI is InChI=1S/C29H36N4O7/c1-37-27-25(33-24(35)11-12-32-29(30)31)28(39-16-18-5-4-8-22(34)14-18)40-23(26(27)36)17-38-15-19-9-10-20-6-2-3-7-21(20)13-19/h2-10,13-14,23,25-28,34,36H,11-12,15-17H2,1H3,(H,33,35)(H4,30,31,32)/t23-,25-,26-,27-,28?/m1/s1. The van der Waals surface area contributed by atoms with E-state index in [1.54, 1.807) is 24.3 Å². The Morgan fingerprint density at radius 3 is 2.55 bits per heavy atom. The van der Waals surface area contributed by atoms with E-state index in [1.165, 1.54) is 7.11 Å². The number of phenols is 1. The monoisotopic (exact) mass is 552 g/mol. The van der Waals surface area contributed by atoms with Gasteiger partial charge in [-0.05, 0) is 40.1 Å². The number of nitrogens with two attached hydrogens (primary N) is 2. The van der Waals surface area contributed by atoms with Crippen molar-refractivity contribution in [1.29, 1.82) is 0 Å². The molecular weight excluding hydrogens is 516 g/mol. The Morgan fingerprint density at radius 2 is 1.80 bits per heavy atom. The molecule has 11 heteroatoms. The molecule has 3 aromatic carbocycles. The molecule has 214 valence electrons. The zero-order valence-corrected chi connectivity index (χ0v) is 22.3. The molecule has 1 aliphatic heterocycles. The van der Waals surface area contributed by atoms with Crippen LogP contribution in [0.15, 0.2) is 71.7 Å². The molecule has 40 heavy (non-hydrogen) atoms. The van der Waals surface area contributed by atoms with Crippen LogP contribution in [-0.4, -0.2) is 73.0 Å². The van der Waals surface area contributed by atoms with E-state index in [4.69, 9.17) is 30.4 Å². The second-order valence-corrected chi connectivity index (χ2v) is 9.56. The highest BCUT2D eigenvalue weighted by Gasteiger charge is 2.47. The largest absolute Gasteiger partial charge is 0.508 e. The van der Waals surface area contributed by atoms with E-state index in [9.17, 15) is 15.0 Å². The number of aromatic hydroxyl groups is 1. The molecule has 0 spiro atoms. The third-order valence-corrected chi connectivity index (χ3v) is 6.60. The first-order valence-corrected chi connectivity index (χ1v) is 13.0. The number of methoxy groups -OCH3 is 1. The molecule has 1 saturated heterocycles. The van der Waals surface area contributed by atoms with Gasteiger partial charge in [-0.25, -0.2) is 0 Å². The number of amides is 1. The van der Waals surface area contributed by atoms with Crippen LogP contribution in [0.4, 0.5) is 0 Å². The van der Waals surface area contributed by atoms with Crippen molar-refractivity contribution in [1.82, 2.24) is 5.32 Å². The summed E-state index contributed by atoms with van der Waals surface area (Å²) in [5.74, 6) is -0.386. The smallest absolute Gasteiger partial charge is 0.222 e. The van der Waals surface area contributed by atoms with Gasteiger partial charge in [-0.15, -0.1) is 0 Å². The number of benzene rings is 3. The van der Waals surface area contributed by atoms with E-state index in [2.05, 4.69) is 16.4 Å². The van der Waals surface area contributed by atoms with Crippen molar-refractivity contribution >= 4 is 22.6 Å². The summed E-state index contributed by atoms with van der Waals surface area (Å²) < 4.78 is 23.7. The molecule has 4 rings (SSSR count). The summed E-state index contributed by atoms with van der Waals surface area (Å²) in [6, 6.07) is 19.9. The van der Waals surface area contributed by atoms with E-state index in [1.807, 2.05) is 36.4 Å². The van der Waals surface area contributed by atoms with Crippen LogP contribution in [0.3, 0.4) is 0 Å². The minimum atomic E-state index is -1.12. The summed E-state index contributed by atoms with van der Waals surface area (Å²) in [6.07, 6.45) is -3.75. The molecule has 0 saturated carbocycles. The molecule has 3 aromatic rings. The Labute approximate surface area is 232 Å². The van der Waals surface area contributed by atoms with Crippen molar-refractivity contribution in [2.45, 2.75) is 50.3 Å². The Hall–Kier alpha value is -3.74. The maximum Gasteiger partial charge on any atom is 0.222 e. The van der Waals surface area contributed by atoms with Gasteiger partial charge in [0.05, 0.1) is 26.4 Å². The molecule has 11 nitrogen and oxygen atoms in total. The summed E-state index contributed by atoms with van der Waals surface area (Å²) in [5, 5.41) is 26.0. The second kappa shape index (κ2) is 14.1. The molecule has 1 fully saturated rings. The highest BCUT2D eigenvalue weighted by atomic mass is 16.7. The fourth-order valence-corrected chi connectivity index (χ4v) is 4.62. The van der Waals surface area contributed by atoms with Crippen LogP contribution in [0.25, 0.3) is 10.8 Å². The molecule has 1 heterocycles. The number of hydrogen-bond donors (Lipinski definition) is 5. The first kappa shape index (κ1) is 29.2. The number of guanidine groups is 1. The van der Waals surface area contributed by atoms with Crippen molar-refractivity contribution < 1.29 is 34.0 Å². The number of fused-ring (bicyclic) bond motifs is 1. The number of aliphatic imine (C=N–C) groups is 1. The first-order valence-electron chi connectivity index (χ1n) is 13.0. The number of aliphatic hydroxyl groups excluding tert-OH is 1. The van der Waals surface area contributed by atoms with Gasteiger partial charge in [-0.3, -0.25) is 9.79 Å². The van der Waals surface area contributed by atoms with Gasteiger partial charge >= 0.3 is 0 Å². The predicted octanol–water partition coefficient (Wildman–Crippen LogP) is 1.53. The van der Waals surface area contributed by atoms with E-state index in [-0.39, 0.29) is 43.8 Å². The van der Waals surface area contributed by atoms with Gasteiger partial charge in [-0.2, -0.15) is 0 Å². The quantitative estimate of drug-likeness (QED) is 0.165. The maximum absolute atomic E-state index is 12.7. The van der Waals surface area contributed by atoms with Crippen molar-refractivity contribution in [3.8, 4) is 5.75 Å². The summed E-state index contributed by atoms with van der Waals surface area (Å²) in [6.45, 7) is 0.554. The van der Waals surface area contributed by atoms with Crippen molar-refractivity contribution in [3.63, 3.8) is 0 Å². The van der Waals surface area contributed by atoms with Gasteiger partial charge in [0.2, 0.25) is 5.91 Å². The summed E-state index contributed by atoms with van der Waals surface area (Å²) in [7, 11) is 1.44. The van der Waals surface area contributed by atoms with Crippen LogP contribution in [0.1, 0.15) is 17.5 Å². The van der Waals surface area contributed by atoms with Crippen LogP contribution in [-0.2, 0) is 37.0 Å². The highest BCUT2D eigenvalue weighted by Crippen LogP contribution is 2.26. The zero-order chi connectivity index (χ0) is 28.5. The molecule has 0 aromatic heterocycles. The van der Waals surface area contributed by atoms with Crippen molar-refractivity contribution in [2.24, 2.45) is 16.5 Å². The van der Waals surface area contributed by atoms with Crippen molar-refractivity contribution in [3.05, 3.63) is 77.9 Å². The fourth-order valence-electron chi connectivity index (χ4n) is 4.62. The van der Waals surface area contributed by atoms with Gasteiger partial charge in [0.1, 0.15) is 30.1 Å². The molecule has 1 amide bonds. The Balaban J connectivity index is 1.44. The lowest BCUT2D eigenvalue weighted by Gasteiger charge is -2.44. The number of ether oxygens (including phenoxy) is 4. The van der Waals surface area contributed by atoms with Crippen LogP contribution in [0, 0.1) is 0 Å². The first-order chi connectivity index (χ1) is 19.3. The summed E-state index contributed by atoms with van der Waals surface area (Å²) in [5.41, 5.74) is 12.4. The zero-order valence-electron chi connectivity index (χ0n) is 22.3. The summed E-state index contributed by atoms with van der Waals surface area (Å²) >= 11 is 0. The third kappa shape index (κ3) is 7.90. The van der Waals surface area contributed by atoms with Crippen LogP contribution in [0.5, 0.6) is 5.75 Å². The summed E-state index contributed by atoms with van der Waals surface area (Å²) in [4.78, 5) is 16.5. The number of nitrogens with one attached hydrogen (secondary N) is 1. The average Bonchev–Trinajstić information content (AvgIpc) is 2.93. The second-order valence-electron chi connectivity index (χ2n) is 9.56. The van der Waals surface area contributed by atoms with E-state index in [0.29, 0.717) is 12.2 Å². The molecule has 0 radical (unpaired) electrons. The van der Waals surface area contributed by atoms with Gasteiger partial charge < -0.3 is 45.9 Å². The lowest BCUT2D eigenvalue weighted by atomic mass is 9.96. The number of rotatable bonds is 12. The number of nitrogens with zero attached hydrogens (tertiary/aromatic N) is 1. The van der Waals surface area contributed by atoms with E-state index in [0.717, 1.165) is 16.3 Å². The van der Waals surface area contributed by atoms with E-state index >= 15 is 0 Å². The normalized spacial score (nSPS) is 22.6. The van der Waals surface area contributed by atoms with Crippen LogP contribution < -0.4 is 16.8 Å². The number of carbonyl (C=O) groups is 1. The highest BCUT2D eigenvalue weighted by molar-refractivity contribution is 5.83. The molecule has 1 aliphatic rings. The number of hydrogen-bond acceptors (Lipinski definition) is 8. The third-order valence-electron chi connectivity index (χ3n) is 6.60. The minimum absolute atomic E-state index is 0.0124. The van der Waals surface area contributed by atoms with Gasteiger partial charge in [0, 0.05) is 13.5 Å². The lowest BCUT2D eigenvalue weighted by Crippen LogP contribution is -2.65. The van der Waals surface area contributed by atoms with Crippen LogP contribution >= 0.6 is 0 Å². The molecular formula is C29H36N4O7. The number of carbonyl (C=O) groups excluding carboxylic acids is 1. The SMILES string of the molecule is CO[C@H]1[C@H](O)[C@@H](COCc2ccc3ccccc3c2)OC(OCc2cccc(O)c2)[C@@H]1NC(=O)CCN=C(N)N. The minimum Gasteiger partial charge on any atom is -0.508 e. The van der Waals surface area contributed by atoms with E-state index < -0.39 is 30.6 Å². The fraction of sp³-hybridized carbons (Fsp3) is 0.379. The number of phenolic OH excluding ortho intramolecular Hbond substituents is 1.